The molecule has 0 spiro atoms. The number of halogens is 3. The van der Waals surface area contributed by atoms with Gasteiger partial charge in [-0.05, 0) is 84.1 Å². The number of alkyl carbamates (subject to hydrolysis) is 1. The third-order valence-electron chi connectivity index (χ3n) is 11.9. The second kappa shape index (κ2) is 19.2. The van der Waals surface area contributed by atoms with Gasteiger partial charge in [0, 0.05) is 49.8 Å². The number of benzene rings is 2. The summed E-state index contributed by atoms with van der Waals surface area (Å²) in [5, 5.41) is 7.97. The lowest BCUT2D eigenvalue weighted by Crippen LogP contribution is -2.58. The number of nitrogens with zero attached hydrogens (tertiary/aromatic N) is 5. The molecule has 16 nitrogen and oxygen atoms in total. The second-order valence-corrected chi connectivity index (χ2v) is 21.5. The molecule has 2 fully saturated rings. The maximum Gasteiger partial charge on any atom is 0.416 e. The maximum absolute atomic E-state index is 14.7. The molecule has 2 aromatic carbocycles. The van der Waals surface area contributed by atoms with Crippen LogP contribution < -0.4 is 20.1 Å². The number of amides is 4. The third-order valence-corrected chi connectivity index (χ3v) is 14.3. The molecule has 2 aliphatic heterocycles. The smallest absolute Gasteiger partial charge is 0.416 e. The minimum absolute atomic E-state index is 0.0511. The number of ether oxygens (including phenoxy) is 2. The van der Waals surface area contributed by atoms with E-state index >= 15 is 0 Å². The Morgan fingerprint density at radius 3 is 2.51 bits per heavy atom. The van der Waals surface area contributed by atoms with Crippen LogP contribution in [0.1, 0.15) is 102 Å². The van der Waals surface area contributed by atoms with Crippen LogP contribution in [-0.2, 0) is 41.9 Å². The summed E-state index contributed by atoms with van der Waals surface area (Å²) < 4.78 is 83.0. The molecular weight excluding hydrogens is 914 g/mol. The zero-order chi connectivity index (χ0) is 48.6. The molecule has 4 aromatic rings. The van der Waals surface area contributed by atoms with Crippen molar-refractivity contribution in [2.45, 2.75) is 128 Å². The minimum atomic E-state index is -4.47. The fourth-order valence-corrected chi connectivity index (χ4v) is 9.94. The number of thiazole rings is 1. The van der Waals surface area contributed by atoms with E-state index in [2.05, 4.69) is 15.4 Å². The summed E-state index contributed by atoms with van der Waals surface area (Å²) in [5.74, 6) is -2.70. The average Bonchev–Trinajstić information content (AvgIpc) is 3.55. The molecule has 1 aliphatic carbocycles. The first-order valence-corrected chi connectivity index (χ1v) is 24.6. The second-order valence-electron chi connectivity index (χ2n) is 18.8. The van der Waals surface area contributed by atoms with Crippen LogP contribution >= 0.6 is 11.3 Å². The highest BCUT2D eigenvalue weighted by Crippen LogP contribution is 2.46. The summed E-state index contributed by atoms with van der Waals surface area (Å²) in [6.07, 6.45) is 0.766. The molecule has 3 aliphatic rings. The van der Waals surface area contributed by atoms with Crippen molar-refractivity contribution < 1.29 is 50.2 Å². The SMILES string of the molecule is CC(C)n1c(O[C@@H]2C[C@H]3C(=O)N[C@]4(C(=O)NS(=O)(=O)N(C)C)C[C@H]4/C=C\CCCCC[C@H](NC(=O)OC(C)(C)C)C(=O)N3C2)nc2c(-c3nc(Cc4cccc(C(F)(F)F)c4)cs3)cccc21. The number of imidazole rings is 1. The van der Waals surface area contributed by atoms with Crippen molar-refractivity contribution in [3.05, 3.63) is 76.8 Å². The van der Waals surface area contributed by atoms with Gasteiger partial charge in [-0.25, -0.2) is 14.5 Å². The van der Waals surface area contributed by atoms with E-state index in [0.29, 0.717) is 52.1 Å². The van der Waals surface area contributed by atoms with Crippen LogP contribution in [0.15, 0.2) is 60.0 Å². The van der Waals surface area contributed by atoms with Crippen molar-refractivity contribution in [2.75, 3.05) is 20.6 Å². The van der Waals surface area contributed by atoms with Gasteiger partial charge >= 0.3 is 22.5 Å². The van der Waals surface area contributed by atoms with Gasteiger partial charge in [-0.2, -0.15) is 30.9 Å². The van der Waals surface area contributed by atoms with Gasteiger partial charge in [0.15, 0.2) is 0 Å². The first kappa shape index (κ1) is 49.4. The quantitative estimate of drug-likeness (QED) is 0.141. The van der Waals surface area contributed by atoms with E-state index in [1.807, 2.05) is 48.8 Å². The van der Waals surface area contributed by atoms with Gasteiger partial charge in [-0.3, -0.25) is 19.0 Å². The van der Waals surface area contributed by atoms with Crippen LogP contribution in [0.5, 0.6) is 6.01 Å². The molecule has 4 amide bonds. The Balaban J connectivity index is 1.21. The number of nitrogens with one attached hydrogen (secondary N) is 3. The van der Waals surface area contributed by atoms with Crippen LogP contribution in [0, 0.1) is 5.92 Å². The fraction of sp³-hybridized carbons (Fsp3) is 0.522. The number of para-hydroxylation sites is 1. The Morgan fingerprint density at radius 1 is 1.06 bits per heavy atom. The van der Waals surface area contributed by atoms with Gasteiger partial charge in [0.1, 0.15) is 39.9 Å². The molecule has 0 unspecified atom stereocenters. The monoisotopic (exact) mass is 970 g/mol. The van der Waals surface area contributed by atoms with E-state index in [9.17, 15) is 40.8 Å². The van der Waals surface area contributed by atoms with Crippen LogP contribution in [-0.4, -0.2) is 106 Å². The summed E-state index contributed by atoms with van der Waals surface area (Å²) >= 11 is 1.33. The first-order valence-electron chi connectivity index (χ1n) is 22.3. The highest BCUT2D eigenvalue weighted by Gasteiger charge is 2.62. The lowest BCUT2D eigenvalue weighted by molar-refractivity contribution is -0.141. The van der Waals surface area contributed by atoms with Crippen molar-refractivity contribution in [3.63, 3.8) is 0 Å². The fourth-order valence-electron chi connectivity index (χ4n) is 8.49. The van der Waals surface area contributed by atoms with Crippen molar-refractivity contribution in [3.8, 4) is 16.6 Å². The van der Waals surface area contributed by atoms with E-state index in [-0.39, 0.29) is 44.3 Å². The summed E-state index contributed by atoms with van der Waals surface area (Å²) in [4.78, 5) is 67.4. The number of allylic oxidation sites excluding steroid dienone is 1. The van der Waals surface area contributed by atoms with Crippen LogP contribution in [0.3, 0.4) is 0 Å². The summed E-state index contributed by atoms with van der Waals surface area (Å²) in [7, 11) is -1.69. The van der Waals surface area contributed by atoms with E-state index < -0.39 is 81.0 Å². The molecule has 67 heavy (non-hydrogen) atoms. The Morgan fingerprint density at radius 2 is 1.81 bits per heavy atom. The molecule has 2 aromatic heterocycles. The zero-order valence-electron chi connectivity index (χ0n) is 38.5. The number of carbonyl (C=O) groups is 4. The molecule has 21 heteroatoms. The standard InChI is InChI=1S/C46H57F3N8O8S2/c1-27(2)57-35-20-14-18-33(39-50-31(26-66-39)22-28-15-13-17-29(21-28)46(47,48)49)37(35)52-42(57)64-32-23-36-38(58)53-45(41(60)54-67(62,63)55(6)7)24-30(45)16-11-9-8-10-12-19-34(40(59)56(36)25-32)51-43(61)65-44(3,4)5/h11,13-18,20-21,26-27,30,32,34,36H,8-10,12,19,22-25H2,1-7H3,(H,51,61)(H,53,58)(H,54,60)/b16-11-/t30-,32-,34+,36+,45-/m1/s1. The van der Waals surface area contributed by atoms with Gasteiger partial charge in [-0.15, -0.1) is 11.3 Å². The Kier molecular flexibility index (Phi) is 14.2. The Hall–Kier alpha value is -5.54. The van der Waals surface area contributed by atoms with Crippen molar-refractivity contribution in [2.24, 2.45) is 5.92 Å². The summed E-state index contributed by atoms with van der Waals surface area (Å²) in [5.41, 5.74) is -0.258. The van der Waals surface area contributed by atoms with Gasteiger partial charge < -0.3 is 25.0 Å². The predicted molar refractivity (Wildman–Crippen MR) is 245 cm³/mol. The van der Waals surface area contributed by atoms with Gasteiger partial charge in [0.2, 0.25) is 11.8 Å². The number of alkyl halides is 3. The zero-order valence-corrected chi connectivity index (χ0v) is 40.1. The van der Waals surface area contributed by atoms with Gasteiger partial charge in [0.25, 0.3) is 11.9 Å². The maximum atomic E-state index is 14.7. The molecule has 0 bridgehead atoms. The molecule has 1 saturated heterocycles. The predicted octanol–water partition coefficient (Wildman–Crippen LogP) is 6.91. The molecule has 5 atom stereocenters. The minimum Gasteiger partial charge on any atom is -0.459 e. The van der Waals surface area contributed by atoms with E-state index in [0.717, 1.165) is 22.9 Å². The van der Waals surface area contributed by atoms with Crippen molar-refractivity contribution in [1.29, 1.82) is 0 Å². The summed E-state index contributed by atoms with van der Waals surface area (Å²) in [6.45, 7) is 8.89. The first-order chi connectivity index (χ1) is 31.5. The van der Waals surface area contributed by atoms with Crippen molar-refractivity contribution >= 4 is 56.4 Å². The normalized spacial score (nSPS) is 23.5. The van der Waals surface area contributed by atoms with Gasteiger partial charge in [-0.1, -0.05) is 49.3 Å². The highest BCUT2D eigenvalue weighted by molar-refractivity contribution is 7.87. The van der Waals surface area contributed by atoms with Crippen LogP contribution in [0.2, 0.25) is 0 Å². The largest absolute Gasteiger partial charge is 0.459 e. The highest BCUT2D eigenvalue weighted by atomic mass is 32.2. The van der Waals surface area contributed by atoms with Crippen LogP contribution in [0.25, 0.3) is 21.6 Å². The lowest BCUT2D eigenvalue weighted by atomic mass is 10.0. The van der Waals surface area contributed by atoms with E-state index in [1.165, 1.54) is 36.4 Å². The van der Waals surface area contributed by atoms with Crippen LogP contribution in [0.4, 0.5) is 18.0 Å². The molecule has 7 rings (SSSR count). The molecule has 3 N–H and O–H groups in total. The summed E-state index contributed by atoms with van der Waals surface area (Å²) in [6, 6.07) is 8.41. The number of aromatic nitrogens is 3. The van der Waals surface area contributed by atoms with E-state index in [4.69, 9.17) is 19.4 Å². The van der Waals surface area contributed by atoms with E-state index in [1.54, 1.807) is 32.2 Å². The number of rotatable bonds is 10. The third kappa shape index (κ3) is 11.3. The molecule has 1 saturated carbocycles. The average molecular weight is 971 g/mol. The lowest BCUT2D eigenvalue weighted by Gasteiger charge is -2.30. The molecule has 4 heterocycles. The van der Waals surface area contributed by atoms with Crippen molar-refractivity contribution in [1.82, 2.24) is 39.1 Å². The number of hydrogen-bond acceptors (Lipinski definition) is 11. The molecular formula is C46H57F3N8O8S2. The van der Waals surface area contributed by atoms with Gasteiger partial charge in [0.05, 0.1) is 23.3 Å². The topological polar surface area (TPSA) is 194 Å². The Labute approximate surface area is 391 Å². The molecule has 0 radical (unpaired) electrons. The Bertz CT molecular complexity index is 2660. The number of fused-ring (bicyclic) bond motifs is 3. The number of carbonyl (C=O) groups excluding carboxylic acids is 4. The molecule has 362 valence electrons. The number of hydrogen-bond donors (Lipinski definition) is 3.